The third-order valence-electron chi connectivity index (χ3n) is 7.38. The van der Waals surface area contributed by atoms with Gasteiger partial charge in [-0.25, -0.2) is 0 Å². The van der Waals surface area contributed by atoms with E-state index >= 15 is 0 Å². The van der Waals surface area contributed by atoms with Crippen molar-refractivity contribution in [1.82, 2.24) is 9.80 Å². The Labute approximate surface area is 178 Å². The van der Waals surface area contributed by atoms with Crippen LogP contribution in [0.5, 0.6) is 0 Å². The van der Waals surface area contributed by atoms with Gasteiger partial charge in [0.1, 0.15) is 11.5 Å². The van der Waals surface area contributed by atoms with Gasteiger partial charge >= 0.3 is 0 Å². The number of rotatable bonds is 2. The first-order valence-corrected chi connectivity index (χ1v) is 11.1. The van der Waals surface area contributed by atoms with Crippen LogP contribution in [0.15, 0.2) is 16.5 Å². The molecule has 0 N–H and O–H groups in total. The molecule has 1 fully saturated rings. The fourth-order valence-electron chi connectivity index (χ4n) is 5.44. The summed E-state index contributed by atoms with van der Waals surface area (Å²) in [6.45, 7) is 11.1. The molecule has 5 heteroatoms. The van der Waals surface area contributed by atoms with Crippen molar-refractivity contribution in [2.45, 2.75) is 52.0 Å². The van der Waals surface area contributed by atoms with Gasteiger partial charge in [-0.2, -0.15) is 0 Å². The minimum atomic E-state index is -0.403. The number of furan rings is 1. The first-order valence-electron chi connectivity index (χ1n) is 11.1. The van der Waals surface area contributed by atoms with Crippen LogP contribution in [0.25, 0.3) is 11.3 Å². The summed E-state index contributed by atoms with van der Waals surface area (Å²) in [5, 5.41) is 0. The molecule has 3 aliphatic rings. The van der Waals surface area contributed by atoms with Crippen LogP contribution < -0.4 is 0 Å². The molecule has 1 saturated heterocycles. The summed E-state index contributed by atoms with van der Waals surface area (Å²) in [4.78, 5) is 31.1. The van der Waals surface area contributed by atoms with E-state index in [1.807, 2.05) is 13.0 Å². The fourth-order valence-corrected chi connectivity index (χ4v) is 5.44. The molecule has 0 amide bonds. The van der Waals surface area contributed by atoms with Crippen molar-refractivity contribution in [3.05, 3.63) is 45.7 Å². The van der Waals surface area contributed by atoms with Crippen molar-refractivity contribution in [2.75, 3.05) is 33.2 Å². The summed E-state index contributed by atoms with van der Waals surface area (Å²) in [6, 6.07) is 4.16. The van der Waals surface area contributed by atoms with Crippen molar-refractivity contribution < 1.29 is 14.0 Å². The van der Waals surface area contributed by atoms with Gasteiger partial charge in [0.2, 0.25) is 11.6 Å². The maximum atomic E-state index is 13.2. The van der Waals surface area contributed by atoms with Crippen LogP contribution in [-0.4, -0.2) is 54.6 Å². The smallest absolute Gasteiger partial charge is 0.237 e. The highest BCUT2D eigenvalue weighted by atomic mass is 16.3. The first kappa shape index (κ1) is 19.7. The van der Waals surface area contributed by atoms with Gasteiger partial charge in [0.15, 0.2) is 0 Å². The molecule has 0 atom stereocenters. The van der Waals surface area contributed by atoms with Gasteiger partial charge in [0.25, 0.3) is 0 Å². The van der Waals surface area contributed by atoms with Gasteiger partial charge in [-0.05, 0) is 49.8 Å². The molecular formula is C25H30N2O3. The number of likely N-dealkylation sites (N-methyl/N-ethyl adjacent to an activating group) is 1. The van der Waals surface area contributed by atoms with E-state index in [1.54, 1.807) is 0 Å². The van der Waals surface area contributed by atoms with E-state index in [2.05, 4.69) is 36.8 Å². The lowest BCUT2D eigenvalue weighted by Crippen LogP contribution is -2.43. The summed E-state index contributed by atoms with van der Waals surface area (Å²) < 4.78 is 6.33. The third-order valence-corrected chi connectivity index (χ3v) is 7.38. The second-order valence-corrected chi connectivity index (χ2v) is 9.84. The standard InChI is InChI=1S/C25H30N2O3/c1-15-19(14-27-12-10-26(4)11-13-27)30-24-17-7-8-18-16(6-5-9-25(18,2)3)21(17)23(29)22(28)20(15)24/h7-8H,5-6,9-14H2,1-4H3. The molecular weight excluding hydrogens is 376 g/mol. The number of ketones is 2. The summed E-state index contributed by atoms with van der Waals surface area (Å²) in [7, 11) is 2.14. The predicted molar refractivity (Wildman–Crippen MR) is 116 cm³/mol. The number of benzene rings is 1. The Kier molecular flexibility index (Phi) is 4.53. The number of carbonyl (C=O) groups is 2. The molecule has 1 aromatic heterocycles. The third kappa shape index (κ3) is 2.90. The number of hydrogen-bond donors (Lipinski definition) is 0. The molecule has 0 unspecified atom stereocenters. The highest BCUT2D eigenvalue weighted by Gasteiger charge is 2.40. The number of carbonyl (C=O) groups excluding carboxylic acids is 2. The molecule has 5 rings (SSSR count). The van der Waals surface area contributed by atoms with E-state index in [4.69, 9.17) is 4.42 Å². The monoisotopic (exact) mass is 406 g/mol. The Morgan fingerprint density at radius 1 is 1.03 bits per heavy atom. The molecule has 5 nitrogen and oxygen atoms in total. The second kappa shape index (κ2) is 6.89. The van der Waals surface area contributed by atoms with E-state index in [-0.39, 0.29) is 11.2 Å². The molecule has 1 aliphatic heterocycles. The van der Waals surface area contributed by atoms with Crippen LogP contribution in [0, 0.1) is 6.92 Å². The molecule has 0 spiro atoms. The predicted octanol–water partition coefficient (Wildman–Crippen LogP) is 4.00. The molecule has 30 heavy (non-hydrogen) atoms. The van der Waals surface area contributed by atoms with Crippen molar-refractivity contribution in [3.8, 4) is 11.3 Å². The van der Waals surface area contributed by atoms with Crippen molar-refractivity contribution >= 4 is 11.6 Å². The van der Waals surface area contributed by atoms with Gasteiger partial charge < -0.3 is 9.32 Å². The summed E-state index contributed by atoms with van der Waals surface area (Å²) in [5.74, 6) is 0.654. The van der Waals surface area contributed by atoms with Gasteiger partial charge in [0, 0.05) is 42.9 Å². The number of fused-ring (bicyclic) bond motifs is 5. The lowest BCUT2D eigenvalue weighted by molar-refractivity contribution is 0.0813. The quantitative estimate of drug-likeness (QED) is 0.706. The molecule has 0 bridgehead atoms. The highest BCUT2D eigenvalue weighted by Crippen LogP contribution is 2.45. The Morgan fingerprint density at radius 3 is 2.47 bits per heavy atom. The molecule has 2 aromatic rings. The van der Waals surface area contributed by atoms with E-state index in [0.29, 0.717) is 23.4 Å². The topological polar surface area (TPSA) is 53.8 Å². The number of hydrogen-bond acceptors (Lipinski definition) is 5. The summed E-state index contributed by atoms with van der Waals surface area (Å²) in [5.41, 5.74) is 4.99. The molecule has 2 aliphatic carbocycles. The van der Waals surface area contributed by atoms with Crippen LogP contribution in [0.2, 0.25) is 0 Å². The Bertz CT molecular complexity index is 1050. The molecule has 158 valence electrons. The minimum Gasteiger partial charge on any atom is -0.459 e. The lowest BCUT2D eigenvalue weighted by atomic mass is 9.69. The van der Waals surface area contributed by atoms with Crippen LogP contribution in [0.4, 0.5) is 0 Å². The van der Waals surface area contributed by atoms with E-state index in [1.165, 1.54) is 5.56 Å². The number of Topliss-reactive ketones (excluding diaryl/α,β-unsaturated/α-hetero) is 2. The molecule has 2 heterocycles. The zero-order valence-corrected chi connectivity index (χ0v) is 18.4. The maximum Gasteiger partial charge on any atom is 0.237 e. The summed E-state index contributed by atoms with van der Waals surface area (Å²) >= 11 is 0. The lowest BCUT2D eigenvalue weighted by Gasteiger charge is -2.34. The average molecular weight is 407 g/mol. The van der Waals surface area contributed by atoms with Crippen molar-refractivity contribution in [2.24, 2.45) is 0 Å². The van der Waals surface area contributed by atoms with Crippen LogP contribution in [0.3, 0.4) is 0 Å². The minimum absolute atomic E-state index is 0.0257. The average Bonchev–Trinajstić information content (AvgIpc) is 3.03. The number of nitrogens with zero attached hydrogens (tertiary/aromatic N) is 2. The zero-order chi connectivity index (χ0) is 21.2. The van der Waals surface area contributed by atoms with Crippen molar-refractivity contribution in [3.63, 3.8) is 0 Å². The Hall–Kier alpha value is -2.24. The van der Waals surface area contributed by atoms with E-state index in [0.717, 1.165) is 67.9 Å². The largest absolute Gasteiger partial charge is 0.459 e. The van der Waals surface area contributed by atoms with E-state index in [9.17, 15) is 9.59 Å². The van der Waals surface area contributed by atoms with Crippen molar-refractivity contribution in [1.29, 1.82) is 0 Å². The van der Waals surface area contributed by atoms with Gasteiger partial charge in [-0.3, -0.25) is 14.5 Å². The fraction of sp³-hybridized carbons (Fsp3) is 0.520. The maximum absolute atomic E-state index is 13.2. The molecule has 0 saturated carbocycles. The highest BCUT2D eigenvalue weighted by molar-refractivity contribution is 6.53. The van der Waals surface area contributed by atoms with Gasteiger partial charge in [-0.15, -0.1) is 0 Å². The first-order chi connectivity index (χ1) is 14.3. The Balaban J connectivity index is 1.60. The zero-order valence-electron chi connectivity index (χ0n) is 18.4. The van der Waals surface area contributed by atoms with Gasteiger partial charge in [0.05, 0.1) is 12.1 Å². The molecule has 0 radical (unpaired) electrons. The SMILES string of the molecule is Cc1c(CN2CCN(C)CC2)oc2c1C(=O)C(=O)c1c-2ccc2c1CCCC2(C)C. The Morgan fingerprint density at radius 2 is 1.73 bits per heavy atom. The number of piperazine rings is 1. The summed E-state index contributed by atoms with van der Waals surface area (Å²) in [6.07, 6.45) is 2.99. The molecule has 1 aromatic carbocycles. The van der Waals surface area contributed by atoms with Crippen LogP contribution in [-0.2, 0) is 18.4 Å². The van der Waals surface area contributed by atoms with E-state index < -0.39 is 5.78 Å². The second-order valence-electron chi connectivity index (χ2n) is 9.84. The normalized spacial score (nSPS) is 21.3. The van der Waals surface area contributed by atoms with Crippen LogP contribution >= 0.6 is 0 Å². The van der Waals surface area contributed by atoms with Gasteiger partial charge in [-0.1, -0.05) is 26.0 Å². The van der Waals surface area contributed by atoms with Crippen LogP contribution in [0.1, 0.15) is 69.9 Å².